The lowest BCUT2D eigenvalue weighted by atomic mass is 9.76. The fourth-order valence-corrected chi connectivity index (χ4v) is 3.25. The first-order valence-corrected chi connectivity index (χ1v) is 7.26. The maximum absolute atomic E-state index is 14.1. The van der Waals surface area contributed by atoms with Crippen LogP contribution in [0.4, 0.5) is 13.2 Å². The van der Waals surface area contributed by atoms with Gasteiger partial charge in [-0.3, -0.25) is 4.90 Å². The van der Waals surface area contributed by atoms with Crippen LogP contribution in [0.1, 0.15) is 30.9 Å². The Bertz CT molecular complexity index is 488. The maximum Gasteiger partial charge on any atom is 0.166 e. The summed E-state index contributed by atoms with van der Waals surface area (Å²) in [5.41, 5.74) is -0.0726. The van der Waals surface area contributed by atoms with Gasteiger partial charge < -0.3 is 5.32 Å². The molecular formula is C15H20ClF3N2. The largest absolute Gasteiger partial charge is 0.314 e. The van der Waals surface area contributed by atoms with Gasteiger partial charge >= 0.3 is 0 Å². The lowest BCUT2D eigenvalue weighted by Crippen LogP contribution is -2.48. The molecule has 1 aromatic carbocycles. The molecule has 1 aliphatic heterocycles. The highest BCUT2D eigenvalue weighted by molar-refractivity contribution is 5.85. The molecule has 0 spiro atoms. The molecular weight excluding hydrogens is 301 g/mol. The van der Waals surface area contributed by atoms with Crippen LogP contribution in [0.15, 0.2) is 12.1 Å². The Labute approximate surface area is 129 Å². The summed E-state index contributed by atoms with van der Waals surface area (Å²) in [6, 6.07) is 1.58. The first kappa shape index (κ1) is 16.6. The van der Waals surface area contributed by atoms with Crippen LogP contribution in [-0.4, -0.2) is 31.1 Å². The highest BCUT2D eigenvalue weighted by Gasteiger charge is 2.37. The van der Waals surface area contributed by atoms with Crippen molar-refractivity contribution in [2.45, 2.75) is 25.3 Å². The molecule has 0 unspecified atom stereocenters. The number of halogens is 4. The molecule has 2 fully saturated rings. The van der Waals surface area contributed by atoms with Crippen LogP contribution in [0.25, 0.3) is 0 Å². The van der Waals surface area contributed by atoms with Gasteiger partial charge in [-0.15, -0.1) is 12.4 Å². The summed E-state index contributed by atoms with van der Waals surface area (Å²) in [6.07, 6.45) is 3.01. The van der Waals surface area contributed by atoms with Crippen molar-refractivity contribution >= 4 is 12.4 Å². The van der Waals surface area contributed by atoms with Gasteiger partial charge in [0.15, 0.2) is 11.6 Å². The zero-order valence-corrected chi connectivity index (χ0v) is 12.6. The van der Waals surface area contributed by atoms with Crippen molar-refractivity contribution in [3.8, 4) is 0 Å². The van der Waals surface area contributed by atoms with Gasteiger partial charge in [-0.25, -0.2) is 13.2 Å². The van der Waals surface area contributed by atoms with E-state index in [0.717, 1.165) is 57.6 Å². The molecule has 1 atom stereocenters. The van der Waals surface area contributed by atoms with E-state index >= 15 is 0 Å². The van der Waals surface area contributed by atoms with E-state index in [4.69, 9.17) is 0 Å². The van der Waals surface area contributed by atoms with E-state index in [1.165, 1.54) is 0 Å². The number of nitrogens with one attached hydrogen (secondary N) is 1. The zero-order valence-electron chi connectivity index (χ0n) is 11.7. The number of nitrogens with zero attached hydrogens (tertiary/aromatic N) is 1. The molecule has 2 nitrogen and oxygen atoms in total. The van der Waals surface area contributed by atoms with Crippen molar-refractivity contribution in [2.24, 2.45) is 5.92 Å². The third-order valence-electron chi connectivity index (χ3n) is 4.52. The Hall–Kier alpha value is -0.780. The number of hydrogen-bond donors (Lipinski definition) is 1. The quantitative estimate of drug-likeness (QED) is 0.860. The van der Waals surface area contributed by atoms with Crippen molar-refractivity contribution in [2.75, 3.05) is 26.2 Å². The lowest BCUT2D eigenvalue weighted by molar-refractivity contribution is 0.0779. The monoisotopic (exact) mass is 320 g/mol. The SMILES string of the molecule is Cl.Fc1ccc(F)c([C@@H](C2CCC2)N2CCNCC2)c1F. The molecule has 1 N–H and O–H groups in total. The second-order valence-corrected chi connectivity index (χ2v) is 5.68. The number of piperazine rings is 1. The Morgan fingerprint density at radius 3 is 2.24 bits per heavy atom. The number of hydrogen-bond acceptors (Lipinski definition) is 2. The Morgan fingerprint density at radius 1 is 1.05 bits per heavy atom. The van der Waals surface area contributed by atoms with E-state index in [0.29, 0.717) is 0 Å². The average Bonchev–Trinajstić information content (AvgIpc) is 2.41. The molecule has 0 bridgehead atoms. The summed E-state index contributed by atoms with van der Waals surface area (Å²) in [6.45, 7) is 3.11. The van der Waals surface area contributed by atoms with Crippen LogP contribution in [0, 0.1) is 23.4 Å². The van der Waals surface area contributed by atoms with Crippen molar-refractivity contribution in [1.29, 1.82) is 0 Å². The second-order valence-electron chi connectivity index (χ2n) is 5.68. The molecule has 0 amide bonds. The maximum atomic E-state index is 14.1. The van der Waals surface area contributed by atoms with Gasteiger partial charge in [-0.05, 0) is 30.9 Å². The molecule has 1 heterocycles. The summed E-state index contributed by atoms with van der Waals surface area (Å²) in [5.74, 6) is -2.36. The van der Waals surface area contributed by atoms with Crippen LogP contribution < -0.4 is 5.32 Å². The standard InChI is InChI=1S/C15H19F3N2.ClH/c16-11-4-5-12(17)14(18)13(11)15(10-2-1-3-10)20-8-6-19-7-9-20;/h4-5,10,15,19H,1-3,6-9H2;1H/t15-;/m1./s1. The van der Waals surface area contributed by atoms with Crippen LogP contribution in [0.5, 0.6) is 0 Å². The minimum absolute atomic E-state index is 0. The van der Waals surface area contributed by atoms with Crippen molar-refractivity contribution in [3.05, 3.63) is 35.1 Å². The normalized spacial score (nSPS) is 21.5. The van der Waals surface area contributed by atoms with E-state index in [1.54, 1.807) is 0 Å². The fourth-order valence-electron chi connectivity index (χ4n) is 3.25. The third kappa shape index (κ3) is 3.20. The number of benzene rings is 1. The van der Waals surface area contributed by atoms with E-state index in [1.807, 2.05) is 0 Å². The molecule has 1 aromatic rings. The smallest absolute Gasteiger partial charge is 0.166 e. The molecule has 0 radical (unpaired) electrons. The van der Waals surface area contributed by atoms with Crippen molar-refractivity contribution in [1.82, 2.24) is 10.2 Å². The highest BCUT2D eigenvalue weighted by Crippen LogP contribution is 2.43. The molecule has 3 rings (SSSR count). The molecule has 118 valence electrons. The lowest BCUT2D eigenvalue weighted by Gasteiger charge is -2.43. The molecule has 1 saturated carbocycles. The predicted molar refractivity (Wildman–Crippen MR) is 78.1 cm³/mol. The van der Waals surface area contributed by atoms with Gasteiger partial charge in [0.25, 0.3) is 0 Å². The molecule has 0 aromatic heterocycles. The van der Waals surface area contributed by atoms with Gasteiger partial charge in [-0.1, -0.05) is 6.42 Å². The van der Waals surface area contributed by atoms with Gasteiger partial charge in [0, 0.05) is 37.8 Å². The van der Waals surface area contributed by atoms with E-state index in [2.05, 4.69) is 10.2 Å². The summed E-state index contributed by atoms with van der Waals surface area (Å²) < 4.78 is 41.7. The first-order valence-electron chi connectivity index (χ1n) is 7.26. The summed E-state index contributed by atoms with van der Waals surface area (Å²) in [4.78, 5) is 2.10. The zero-order chi connectivity index (χ0) is 14.1. The van der Waals surface area contributed by atoms with Crippen molar-refractivity contribution in [3.63, 3.8) is 0 Å². The Morgan fingerprint density at radius 2 is 1.67 bits per heavy atom. The summed E-state index contributed by atoms with van der Waals surface area (Å²) in [7, 11) is 0. The van der Waals surface area contributed by atoms with Gasteiger partial charge in [0.2, 0.25) is 0 Å². The van der Waals surface area contributed by atoms with Crippen LogP contribution in [0.2, 0.25) is 0 Å². The van der Waals surface area contributed by atoms with Gasteiger partial charge in [-0.2, -0.15) is 0 Å². The molecule has 1 aliphatic carbocycles. The van der Waals surface area contributed by atoms with E-state index < -0.39 is 17.5 Å². The second kappa shape index (κ2) is 6.99. The Kier molecular flexibility index (Phi) is 5.52. The Balaban J connectivity index is 0.00000161. The minimum Gasteiger partial charge on any atom is -0.314 e. The van der Waals surface area contributed by atoms with Crippen LogP contribution in [0.3, 0.4) is 0 Å². The van der Waals surface area contributed by atoms with Crippen LogP contribution >= 0.6 is 12.4 Å². The van der Waals surface area contributed by atoms with Crippen molar-refractivity contribution < 1.29 is 13.2 Å². The minimum atomic E-state index is -1.01. The fraction of sp³-hybridized carbons (Fsp3) is 0.600. The topological polar surface area (TPSA) is 15.3 Å². The molecule has 6 heteroatoms. The van der Waals surface area contributed by atoms with E-state index in [-0.39, 0.29) is 29.9 Å². The molecule has 21 heavy (non-hydrogen) atoms. The van der Waals surface area contributed by atoms with Crippen LogP contribution in [-0.2, 0) is 0 Å². The number of rotatable bonds is 3. The average molecular weight is 321 g/mol. The first-order chi connectivity index (χ1) is 9.68. The molecule has 2 aliphatic rings. The summed E-state index contributed by atoms with van der Waals surface area (Å²) in [5, 5.41) is 3.23. The van der Waals surface area contributed by atoms with E-state index in [9.17, 15) is 13.2 Å². The summed E-state index contributed by atoms with van der Waals surface area (Å²) >= 11 is 0. The van der Waals surface area contributed by atoms with Gasteiger partial charge in [0.1, 0.15) is 5.82 Å². The predicted octanol–water partition coefficient (Wildman–Crippen LogP) is 3.27. The highest BCUT2D eigenvalue weighted by atomic mass is 35.5. The third-order valence-corrected chi connectivity index (χ3v) is 4.52. The molecule has 1 saturated heterocycles. The van der Waals surface area contributed by atoms with Gasteiger partial charge in [0.05, 0.1) is 0 Å².